The van der Waals surface area contributed by atoms with Crippen LogP contribution in [0.2, 0.25) is 0 Å². The molecule has 0 radical (unpaired) electrons. The quantitative estimate of drug-likeness (QED) is 0.237. The van der Waals surface area contributed by atoms with Gasteiger partial charge in [0.15, 0.2) is 0 Å². The number of aryl methyl sites for hydroxylation is 2. The Morgan fingerprint density at radius 2 is 1.77 bits per heavy atom. The van der Waals surface area contributed by atoms with Gasteiger partial charge in [0.2, 0.25) is 0 Å². The fraction of sp³-hybridized carbons (Fsp3) is 0.143. The van der Waals surface area contributed by atoms with Crippen molar-refractivity contribution in [1.82, 2.24) is 13.7 Å². The van der Waals surface area contributed by atoms with Crippen molar-refractivity contribution in [2.24, 2.45) is 14.1 Å². The molecule has 0 saturated heterocycles. The first-order valence-corrected chi connectivity index (χ1v) is 10.1. The number of fused-ring (bicyclic) bond motifs is 1. The molecule has 9 heteroatoms. The third-order valence-corrected chi connectivity index (χ3v) is 5.86. The normalized spacial score (nSPS) is 11.2. The molecule has 152 valence electrons. The Bertz CT molecular complexity index is 1460. The van der Waals surface area contributed by atoms with Crippen LogP contribution in [0.5, 0.6) is 0 Å². The molecule has 0 bridgehead atoms. The first-order valence-electron chi connectivity index (χ1n) is 9.03. The summed E-state index contributed by atoms with van der Waals surface area (Å²) in [6.07, 6.45) is 1.74. The lowest BCUT2D eigenvalue weighted by molar-refractivity contribution is -0.384. The predicted octanol–water partition coefficient (Wildman–Crippen LogP) is 3.52. The van der Waals surface area contributed by atoms with Crippen molar-refractivity contribution in [3.63, 3.8) is 0 Å². The molecule has 0 saturated carbocycles. The standard InChI is InChI=1S/C21H17IN4O4/c1-12-9-14(22)7-8-16(12)25-11-17-18(20(27)24(3)21(28)23(17)2)19(25)13-5-4-6-15(10-13)26(29)30/h4-11H,1-3H3. The molecule has 0 spiro atoms. The van der Waals surface area contributed by atoms with Crippen LogP contribution in [0.1, 0.15) is 5.56 Å². The summed E-state index contributed by atoms with van der Waals surface area (Å²) < 4.78 is 5.35. The van der Waals surface area contributed by atoms with E-state index in [2.05, 4.69) is 22.6 Å². The van der Waals surface area contributed by atoms with Gasteiger partial charge in [-0.1, -0.05) is 12.1 Å². The van der Waals surface area contributed by atoms with E-state index in [9.17, 15) is 19.7 Å². The average molecular weight is 516 g/mol. The van der Waals surface area contributed by atoms with Gasteiger partial charge in [-0.15, -0.1) is 0 Å². The monoisotopic (exact) mass is 516 g/mol. The second-order valence-electron chi connectivity index (χ2n) is 7.05. The molecular formula is C21H17IN4O4. The maximum absolute atomic E-state index is 13.1. The minimum Gasteiger partial charge on any atom is -0.313 e. The van der Waals surface area contributed by atoms with Crippen LogP contribution in [-0.2, 0) is 14.1 Å². The Morgan fingerprint density at radius 1 is 1.03 bits per heavy atom. The van der Waals surface area contributed by atoms with E-state index in [-0.39, 0.29) is 5.69 Å². The third kappa shape index (κ3) is 3.05. The predicted molar refractivity (Wildman–Crippen MR) is 123 cm³/mol. The molecule has 2 aromatic heterocycles. The molecule has 0 amide bonds. The van der Waals surface area contributed by atoms with Gasteiger partial charge < -0.3 is 4.57 Å². The second-order valence-corrected chi connectivity index (χ2v) is 8.30. The third-order valence-electron chi connectivity index (χ3n) is 5.19. The molecule has 0 aliphatic heterocycles. The van der Waals surface area contributed by atoms with Gasteiger partial charge in [0.25, 0.3) is 11.2 Å². The molecular weight excluding hydrogens is 499 g/mol. The van der Waals surface area contributed by atoms with Gasteiger partial charge in [-0.3, -0.25) is 24.0 Å². The van der Waals surface area contributed by atoms with E-state index in [4.69, 9.17) is 0 Å². The first-order chi connectivity index (χ1) is 14.2. The average Bonchev–Trinajstić information content (AvgIpc) is 3.11. The molecule has 4 aromatic rings. The smallest absolute Gasteiger partial charge is 0.313 e. The second kappa shape index (κ2) is 7.24. The zero-order valence-corrected chi connectivity index (χ0v) is 18.6. The maximum Gasteiger partial charge on any atom is 0.330 e. The number of nitro groups is 1. The van der Waals surface area contributed by atoms with Crippen molar-refractivity contribution < 1.29 is 4.92 Å². The van der Waals surface area contributed by atoms with E-state index < -0.39 is 16.2 Å². The summed E-state index contributed by atoms with van der Waals surface area (Å²) in [4.78, 5) is 36.4. The zero-order valence-electron chi connectivity index (χ0n) is 16.4. The van der Waals surface area contributed by atoms with E-state index in [1.807, 2.05) is 29.7 Å². The number of hydrogen-bond acceptors (Lipinski definition) is 4. The lowest BCUT2D eigenvalue weighted by Gasteiger charge is -2.13. The lowest BCUT2D eigenvalue weighted by Crippen LogP contribution is -2.36. The number of benzene rings is 2. The van der Waals surface area contributed by atoms with E-state index in [0.29, 0.717) is 22.2 Å². The Kier molecular flexibility index (Phi) is 4.85. The maximum atomic E-state index is 13.1. The zero-order chi connectivity index (χ0) is 21.7. The molecule has 2 aromatic carbocycles. The number of hydrogen-bond donors (Lipinski definition) is 0. The van der Waals surface area contributed by atoms with Crippen molar-refractivity contribution in [3.05, 3.63) is 88.7 Å². The van der Waals surface area contributed by atoms with Gasteiger partial charge in [0.1, 0.15) is 0 Å². The minimum absolute atomic E-state index is 0.0747. The van der Waals surface area contributed by atoms with Crippen LogP contribution in [0.25, 0.3) is 27.8 Å². The Labute approximate surface area is 184 Å². The molecule has 2 heterocycles. The molecule has 0 N–H and O–H groups in total. The summed E-state index contributed by atoms with van der Waals surface area (Å²) in [5.74, 6) is 0. The summed E-state index contributed by atoms with van der Waals surface area (Å²) >= 11 is 2.22. The highest BCUT2D eigenvalue weighted by molar-refractivity contribution is 14.1. The number of aromatic nitrogens is 3. The van der Waals surface area contributed by atoms with Crippen LogP contribution in [0, 0.1) is 20.6 Å². The minimum atomic E-state index is -0.469. The van der Waals surface area contributed by atoms with Gasteiger partial charge in [0, 0.05) is 47.2 Å². The van der Waals surface area contributed by atoms with Crippen LogP contribution >= 0.6 is 22.6 Å². The lowest BCUT2D eigenvalue weighted by atomic mass is 10.1. The van der Waals surface area contributed by atoms with Crippen LogP contribution in [-0.4, -0.2) is 18.6 Å². The summed E-state index contributed by atoms with van der Waals surface area (Å²) in [5.41, 5.74) is 2.32. The summed E-state index contributed by atoms with van der Waals surface area (Å²) in [7, 11) is 3.03. The first kappa shape index (κ1) is 20.1. The number of halogens is 1. The van der Waals surface area contributed by atoms with Crippen LogP contribution in [0.4, 0.5) is 5.69 Å². The van der Waals surface area contributed by atoms with Crippen molar-refractivity contribution in [2.75, 3.05) is 0 Å². The van der Waals surface area contributed by atoms with E-state index in [1.165, 1.54) is 23.7 Å². The Balaban J connectivity index is 2.21. The number of nitro benzene ring substituents is 1. The number of rotatable bonds is 3. The largest absolute Gasteiger partial charge is 0.330 e. The van der Waals surface area contributed by atoms with E-state index in [0.717, 1.165) is 19.4 Å². The van der Waals surface area contributed by atoms with Crippen molar-refractivity contribution in [2.45, 2.75) is 6.92 Å². The van der Waals surface area contributed by atoms with Crippen molar-refractivity contribution >= 4 is 39.2 Å². The van der Waals surface area contributed by atoms with Crippen molar-refractivity contribution in [1.29, 1.82) is 0 Å². The van der Waals surface area contributed by atoms with Crippen LogP contribution < -0.4 is 11.2 Å². The van der Waals surface area contributed by atoms with Gasteiger partial charge >= 0.3 is 5.69 Å². The van der Waals surface area contributed by atoms with Gasteiger partial charge in [-0.2, -0.15) is 0 Å². The fourth-order valence-electron chi connectivity index (χ4n) is 3.67. The summed E-state index contributed by atoms with van der Waals surface area (Å²) in [6, 6.07) is 12.0. The highest BCUT2D eigenvalue weighted by Crippen LogP contribution is 2.33. The molecule has 8 nitrogen and oxygen atoms in total. The van der Waals surface area contributed by atoms with Crippen molar-refractivity contribution in [3.8, 4) is 16.9 Å². The Morgan fingerprint density at radius 3 is 2.43 bits per heavy atom. The topological polar surface area (TPSA) is 92.1 Å². The van der Waals surface area contributed by atoms with Gasteiger partial charge in [0.05, 0.1) is 21.5 Å². The molecule has 30 heavy (non-hydrogen) atoms. The highest BCUT2D eigenvalue weighted by atomic mass is 127. The molecule has 4 rings (SSSR count). The summed E-state index contributed by atoms with van der Waals surface area (Å²) in [6.45, 7) is 1.95. The fourth-order valence-corrected chi connectivity index (χ4v) is 4.32. The summed E-state index contributed by atoms with van der Waals surface area (Å²) in [5, 5.41) is 11.7. The van der Waals surface area contributed by atoms with Crippen LogP contribution in [0.3, 0.4) is 0 Å². The van der Waals surface area contributed by atoms with E-state index >= 15 is 0 Å². The molecule has 0 unspecified atom stereocenters. The van der Waals surface area contributed by atoms with Crippen LogP contribution in [0.15, 0.2) is 58.3 Å². The molecule has 0 aliphatic rings. The SMILES string of the molecule is Cc1cc(I)ccc1-n1cc2c(c1-c1cccc([N+](=O)[O-])c1)c(=O)n(C)c(=O)n2C. The molecule has 0 atom stereocenters. The number of nitrogens with zero attached hydrogens (tertiary/aromatic N) is 4. The molecule has 0 aliphatic carbocycles. The number of non-ortho nitro benzene ring substituents is 1. The Hall–Kier alpha value is -3.21. The van der Waals surface area contributed by atoms with E-state index in [1.54, 1.807) is 25.4 Å². The van der Waals surface area contributed by atoms with Gasteiger partial charge in [-0.05, 0) is 53.3 Å². The highest BCUT2D eigenvalue weighted by Gasteiger charge is 2.22. The molecule has 0 fully saturated rings. The van der Waals surface area contributed by atoms with Gasteiger partial charge in [-0.25, -0.2) is 4.79 Å².